The van der Waals surface area contributed by atoms with Gasteiger partial charge in [0.05, 0.1) is 22.4 Å². The van der Waals surface area contributed by atoms with E-state index in [2.05, 4.69) is 30.7 Å². The molecule has 2 N–H and O–H groups in total. The van der Waals surface area contributed by atoms with E-state index in [9.17, 15) is 13.2 Å². The number of rotatable bonds is 3. The van der Waals surface area contributed by atoms with Gasteiger partial charge in [-0.25, -0.2) is 4.98 Å². The average molecular weight is 437 g/mol. The summed E-state index contributed by atoms with van der Waals surface area (Å²) in [6.07, 6.45) is -3.06. The lowest BCUT2D eigenvalue weighted by Gasteiger charge is -2.05. The van der Waals surface area contributed by atoms with Crippen molar-refractivity contribution in [2.75, 3.05) is 5.32 Å². The summed E-state index contributed by atoms with van der Waals surface area (Å²) < 4.78 is 43.6. The lowest BCUT2D eigenvalue weighted by atomic mass is 10.2. The van der Waals surface area contributed by atoms with Crippen LogP contribution >= 0.6 is 22.9 Å². The first-order valence-electron chi connectivity index (χ1n) is 8.09. The zero-order valence-electron chi connectivity index (χ0n) is 14.1. The van der Waals surface area contributed by atoms with Crippen LogP contribution in [-0.4, -0.2) is 25.4 Å². The van der Waals surface area contributed by atoms with Crippen molar-refractivity contribution < 1.29 is 17.6 Å². The Hall–Kier alpha value is -3.18. The van der Waals surface area contributed by atoms with Crippen LogP contribution in [0.3, 0.4) is 0 Å². The fourth-order valence-electron chi connectivity index (χ4n) is 2.82. The zero-order valence-corrected chi connectivity index (χ0v) is 15.7. The van der Waals surface area contributed by atoms with Gasteiger partial charge in [0.15, 0.2) is 10.6 Å². The third-order valence-corrected chi connectivity index (χ3v) is 5.40. The summed E-state index contributed by atoms with van der Waals surface area (Å²) in [6, 6.07) is 8.17. The second kappa shape index (κ2) is 6.42. The van der Waals surface area contributed by atoms with E-state index in [1.807, 2.05) is 6.07 Å². The van der Waals surface area contributed by atoms with Crippen molar-refractivity contribution in [1.29, 1.82) is 0 Å². The Bertz CT molecular complexity index is 1360. The number of oxazole rings is 1. The van der Waals surface area contributed by atoms with Crippen LogP contribution in [0.1, 0.15) is 5.89 Å². The van der Waals surface area contributed by atoms with Crippen LogP contribution in [0.5, 0.6) is 0 Å². The van der Waals surface area contributed by atoms with Gasteiger partial charge in [0, 0.05) is 10.9 Å². The molecule has 0 unspecified atom stereocenters. The summed E-state index contributed by atoms with van der Waals surface area (Å²) in [4.78, 5) is 3.59. The molecule has 0 aliphatic rings. The van der Waals surface area contributed by atoms with Gasteiger partial charge >= 0.3 is 12.1 Å². The highest BCUT2D eigenvalue weighted by Crippen LogP contribution is 2.38. The predicted octanol–water partition coefficient (Wildman–Crippen LogP) is 5.64. The van der Waals surface area contributed by atoms with Crippen molar-refractivity contribution in [2.24, 2.45) is 0 Å². The Balaban J connectivity index is 1.51. The minimum atomic E-state index is -4.67. The van der Waals surface area contributed by atoms with E-state index >= 15 is 0 Å². The van der Waals surface area contributed by atoms with E-state index in [0.29, 0.717) is 26.4 Å². The number of aromatic nitrogens is 5. The maximum atomic E-state index is 12.9. The van der Waals surface area contributed by atoms with Gasteiger partial charge < -0.3 is 9.73 Å². The van der Waals surface area contributed by atoms with E-state index in [1.54, 1.807) is 24.4 Å². The normalized spacial score (nSPS) is 12.1. The summed E-state index contributed by atoms with van der Waals surface area (Å²) in [7, 11) is 0. The number of hydrogen-bond acceptors (Lipinski definition) is 7. The molecule has 5 rings (SSSR count). The molecule has 0 atom stereocenters. The minimum absolute atomic E-state index is 0.0213. The molecule has 0 saturated carbocycles. The molecule has 0 radical (unpaired) electrons. The summed E-state index contributed by atoms with van der Waals surface area (Å²) in [6.45, 7) is 0. The number of alkyl halides is 3. The molecule has 0 aliphatic carbocycles. The molecule has 5 aromatic rings. The standard InChI is InChI=1S/C17H8ClF3N6OS/c18-12-8-6-22-25-9(8)4-5-10(12)23-16-27-26-14(29-16)7-2-1-3-11-13(7)24-15(28-11)17(19,20)21/h1-6H,(H,22,25)(H,23,27). The van der Waals surface area contributed by atoms with Crippen molar-refractivity contribution >= 4 is 55.8 Å². The van der Waals surface area contributed by atoms with Crippen molar-refractivity contribution in [3.05, 3.63) is 47.4 Å². The molecular formula is C17H8ClF3N6OS. The van der Waals surface area contributed by atoms with Crippen LogP contribution in [0, 0.1) is 0 Å². The van der Waals surface area contributed by atoms with E-state index in [4.69, 9.17) is 16.0 Å². The van der Waals surface area contributed by atoms with Crippen LogP contribution < -0.4 is 5.32 Å². The Morgan fingerprint density at radius 2 is 2.00 bits per heavy atom. The Morgan fingerprint density at radius 3 is 2.83 bits per heavy atom. The number of para-hydroxylation sites is 1. The fourth-order valence-corrected chi connectivity index (χ4v) is 3.86. The third-order valence-electron chi connectivity index (χ3n) is 4.12. The first-order chi connectivity index (χ1) is 13.9. The van der Waals surface area contributed by atoms with Gasteiger partial charge in [0.2, 0.25) is 5.13 Å². The Morgan fingerprint density at radius 1 is 1.14 bits per heavy atom. The monoisotopic (exact) mass is 436 g/mol. The highest BCUT2D eigenvalue weighted by atomic mass is 35.5. The van der Waals surface area contributed by atoms with E-state index in [1.165, 1.54) is 6.07 Å². The quantitative estimate of drug-likeness (QED) is 0.380. The molecule has 29 heavy (non-hydrogen) atoms. The smallest absolute Gasteiger partial charge is 0.433 e. The van der Waals surface area contributed by atoms with E-state index in [0.717, 1.165) is 22.2 Å². The molecule has 0 fully saturated rings. The maximum Gasteiger partial charge on any atom is 0.468 e. The number of nitrogens with one attached hydrogen (secondary N) is 2. The number of nitrogens with zero attached hydrogens (tertiary/aromatic N) is 4. The Labute approximate surface area is 168 Å². The van der Waals surface area contributed by atoms with E-state index in [-0.39, 0.29) is 11.1 Å². The number of fused-ring (bicyclic) bond motifs is 2. The molecule has 3 aromatic heterocycles. The van der Waals surface area contributed by atoms with Crippen molar-refractivity contribution in [3.63, 3.8) is 0 Å². The number of hydrogen-bond donors (Lipinski definition) is 2. The maximum absolute atomic E-state index is 12.9. The van der Waals surface area contributed by atoms with Gasteiger partial charge in [-0.3, -0.25) is 5.10 Å². The molecule has 146 valence electrons. The summed E-state index contributed by atoms with van der Waals surface area (Å²) >= 11 is 7.54. The van der Waals surface area contributed by atoms with E-state index < -0.39 is 12.1 Å². The third kappa shape index (κ3) is 3.08. The second-order valence-electron chi connectivity index (χ2n) is 5.96. The fraction of sp³-hybridized carbons (Fsp3) is 0.0588. The van der Waals surface area contributed by atoms with Crippen LogP contribution in [0.4, 0.5) is 24.0 Å². The predicted molar refractivity (Wildman–Crippen MR) is 102 cm³/mol. The number of halogens is 4. The van der Waals surface area contributed by atoms with Gasteiger partial charge in [0.25, 0.3) is 0 Å². The van der Waals surface area contributed by atoms with Gasteiger partial charge in [-0.2, -0.15) is 18.3 Å². The highest BCUT2D eigenvalue weighted by molar-refractivity contribution is 7.18. The highest BCUT2D eigenvalue weighted by Gasteiger charge is 2.38. The molecule has 2 aromatic carbocycles. The molecule has 0 amide bonds. The lowest BCUT2D eigenvalue weighted by molar-refractivity contribution is -0.156. The molecule has 7 nitrogen and oxygen atoms in total. The van der Waals surface area contributed by atoms with Gasteiger partial charge in [0.1, 0.15) is 5.52 Å². The zero-order chi connectivity index (χ0) is 20.2. The first-order valence-corrected chi connectivity index (χ1v) is 9.29. The molecule has 0 spiro atoms. The lowest BCUT2D eigenvalue weighted by Crippen LogP contribution is -2.04. The topological polar surface area (TPSA) is 92.5 Å². The summed E-state index contributed by atoms with van der Waals surface area (Å²) in [5, 5.41) is 20.0. The number of benzene rings is 2. The largest absolute Gasteiger partial charge is 0.468 e. The van der Waals surface area contributed by atoms with Gasteiger partial charge in [-0.05, 0) is 24.3 Å². The average Bonchev–Trinajstić information content (AvgIpc) is 3.42. The molecule has 0 aliphatic heterocycles. The SMILES string of the molecule is FC(F)(F)c1nc2c(-c3nnc(Nc4ccc5[nH]ncc5c4Cl)s3)cccc2o1. The van der Waals surface area contributed by atoms with Crippen molar-refractivity contribution in [1.82, 2.24) is 25.4 Å². The van der Waals surface area contributed by atoms with Crippen LogP contribution in [-0.2, 0) is 6.18 Å². The Kier molecular flexibility index (Phi) is 3.96. The molecule has 3 heterocycles. The number of H-pyrrole nitrogens is 1. The van der Waals surface area contributed by atoms with Crippen LogP contribution in [0.15, 0.2) is 40.9 Å². The first kappa shape index (κ1) is 17.9. The van der Waals surface area contributed by atoms with Crippen LogP contribution in [0.2, 0.25) is 5.02 Å². The van der Waals surface area contributed by atoms with Crippen LogP contribution in [0.25, 0.3) is 32.6 Å². The summed E-state index contributed by atoms with van der Waals surface area (Å²) in [5.74, 6) is -1.30. The van der Waals surface area contributed by atoms with Crippen molar-refractivity contribution in [3.8, 4) is 10.6 Å². The number of anilines is 2. The molecule has 12 heteroatoms. The molecule has 0 saturated heterocycles. The minimum Gasteiger partial charge on any atom is -0.433 e. The van der Waals surface area contributed by atoms with Gasteiger partial charge in [-0.15, -0.1) is 10.2 Å². The second-order valence-corrected chi connectivity index (χ2v) is 7.32. The van der Waals surface area contributed by atoms with Crippen molar-refractivity contribution in [2.45, 2.75) is 6.18 Å². The van der Waals surface area contributed by atoms with Gasteiger partial charge in [-0.1, -0.05) is 29.0 Å². The number of aromatic amines is 1. The molecular weight excluding hydrogens is 429 g/mol. The molecule has 0 bridgehead atoms. The summed E-state index contributed by atoms with van der Waals surface area (Å²) in [5.41, 5.74) is 1.87.